The van der Waals surface area contributed by atoms with Gasteiger partial charge in [-0.3, -0.25) is 9.36 Å². The third-order valence-electron chi connectivity index (χ3n) is 2.43. The summed E-state index contributed by atoms with van der Waals surface area (Å²) >= 11 is 0. The zero-order chi connectivity index (χ0) is 16.3. The second-order valence-corrected chi connectivity index (χ2v) is 6.25. The molecule has 0 aliphatic carbocycles. The smallest absolute Gasteiger partial charge is 0.338 e. The molecule has 0 fully saturated rings. The lowest BCUT2D eigenvalue weighted by atomic mass is 10.2. The molecule has 0 amide bonds. The number of aliphatic hydroxyl groups is 1. The van der Waals surface area contributed by atoms with Crippen LogP contribution in [-0.2, 0) is 27.9 Å². The fourth-order valence-corrected chi connectivity index (χ4v) is 3.34. The summed E-state index contributed by atoms with van der Waals surface area (Å²) in [6.45, 7) is 7.95. The van der Waals surface area contributed by atoms with Gasteiger partial charge in [0, 0.05) is 19.6 Å². The minimum absolute atomic E-state index is 0.188. The first-order chi connectivity index (χ1) is 9.92. The van der Waals surface area contributed by atoms with E-state index in [9.17, 15) is 14.5 Å². The van der Waals surface area contributed by atoms with Crippen LogP contribution in [0.2, 0.25) is 0 Å². The molecule has 0 saturated heterocycles. The number of carbonyl (C=O) groups is 1. The molecular weight excluding hydrogens is 299 g/mol. The highest BCUT2D eigenvalue weighted by molar-refractivity contribution is 7.54. The third kappa shape index (κ3) is 8.66. The Morgan fingerprint density at radius 3 is 1.86 bits per heavy atom. The Labute approximate surface area is 126 Å². The van der Waals surface area contributed by atoms with Crippen molar-refractivity contribution in [2.45, 2.75) is 46.5 Å². The molecule has 1 atom stereocenters. The molecule has 1 unspecified atom stereocenters. The van der Waals surface area contributed by atoms with Crippen LogP contribution in [0.5, 0.6) is 0 Å². The minimum Gasteiger partial charge on any atom is -0.387 e. The minimum atomic E-state index is -3.43. The molecular formula is C13H27O7P. The van der Waals surface area contributed by atoms with Crippen LogP contribution >= 0.6 is 7.60 Å². The van der Waals surface area contributed by atoms with Crippen molar-refractivity contribution < 1.29 is 33.0 Å². The van der Waals surface area contributed by atoms with Crippen LogP contribution in [0.1, 0.15) is 34.1 Å². The maximum Gasteiger partial charge on any atom is 0.338 e. The molecule has 0 aromatic carbocycles. The largest absolute Gasteiger partial charge is 0.387 e. The van der Waals surface area contributed by atoms with Gasteiger partial charge in [-0.05, 0) is 27.7 Å². The van der Waals surface area contributed by atoms with E-state index < -0.39 is 25.8 Å². The zero-order valence-corrected chi connectivity index (χ0v) is 14.1. The van der Waals surface area contributed by atoms with Gasteiger partial charge in [-0.2, -0.15) is 0 Å². The van der Waals surface area contributed by atoms with Crippen LogP contribution in [0.4, 0.5) is 0 Å². The molecule has 0 heterocycles. The second-order valence-electron chi connectivity index (χ2n) is 4.19. The van der Waals surface area contributed by atoms with Gasteiger partial charge in [0.1, 0.15) is 18.0 Å². The number of hydrogen-bond acceptors (Lipinski definition) is 7. The molecule has 7 nitrogen and oxygen atoms in total. The Morgan fingerprint density at radius 1 is 1.00 bits per heavy atom. The van der Waals surface area contributed by atoms with E-state index in [0.29, 0.717) is 13.2 Å². The molecule has 0 saturated carbocycles. The Morgan fingerprint density at radius 2 is 1.48 bits per heavy atom. The monoisotopic (exact) mass is 326 g/mol. The molecule has 21 heavy (non-hydrogen) atoms. The van der Waals surface area contributed by atoms with Crippen LogP contribution in [-0.4, -0.2) is 55.9 Å². The maximum atomic E-state index is 12.2. The van der Waals surface area contributed by atoms with Crippen molar-refractivity contribution in [2.24, 2.45) is 0 Å². The van der Waals surface area contributed by atoms with E-state index >= 15 is 0 Å². The molecule has 0 spiro atoms. The van der Waals surface area contributed by atoms with E-state index in [4.69, 9.17) is 18.5 Å². The highest BCUT2D eigenvalue weighted by Gasteiger charge is 2.30. The number of Topliss-reactive ketones (excluding diaryl/α,β-unsaturated/α-hetero) is 1. The quantitative estimate of drug-likeness (QED) is 0.409. The second kappa shape index (κ2) is 11.3. The highest BCUT2D eigenvalue weighted by Crippen LogP contribution is 2.48. The van der Waals surface area contributed by atoms with Gasteiger partial charge in [0.25, 0.3) is 0 Å². The van der Waals surface area contributed by atoms with E-state index in [0.717, 1.165) is 0 Å². The molecule has 0 rings (SSSR count). The van der Waals surface area contributed by atoms with Crippen molar-refractivity contribution in [1.82, 2.24) is 0 Å². The standard InChI is InChI=1S/C13H27O7P/c1-5-17-13(18-6-2)12(15)9-11(14)10-21(16,19-7-3)20-8-4/h12-13,15H,5-10H2,1-4H3. The van der Waals surface area contributed by atoms with Gasteiger partial charge in [0.05, 0.1) is 13.2 Å². The van der Waals surface area contributed by atoms with E-state index in [1.54, 1.807) is 27.7 Å². The lowest BCUT2D eigenvalue weighted by molar-refractivity contribution is -0.191. The molecule has 0 bridgehead atoms. The van der Waals surface area contributed by atoms with E-state index in [1.807, 2.05) is 0 Å². The molecule has 0 aromatic rings. The number of hydrogen-bond donors (Lipinski definition) is 1. The molecule has 1 N–H and O–H groups in total. The number of rotatable bonds is 13. The van der Waals surface area contributed by atoms with Crippen LogP contribution < -0.4 is 0 Å². The van der Waals surface area contributed by atoms with Gasteiger partial charge < -0.3 is 23.6 Å². The summed E-state index contributed by atoms with van der Waals surface area (Å²) in [4.78, 5) is 11.9. The molecule has 8 heteroatoms. The van der Waals surface area contributed by atoms with Gasteiger partial charge in [0.15, 0.2) is 6.29 Å². The predicted octanol–water partition coefficient (Wildman–Crippen LogP) is 1.97. The SMILES string of the molecule is CCOC(OCC)C(O)CC(=O)CP(=O)(OCC)OCC. The summed E-state index contributed by atoms with van der Waals surface area (Å²) in [5.74, 6) is -0.419. The van der Waals surface area contributed by atoms with Crippen LogP contribution in [0, 0.1) is 0 Å². The topological polar surface area (TPSA) is 91.3 Å². The van der Waals surface area contributed by atoms with Crippen molar-refractivity contribution in [2.75, 3.05) is 32.6 Å². The van der Waals surface area contributed by atoms with E-state index in [2.05, 4.69) is 0 Å². The summed E-state index contributed by atoms with van der Waals surface area (Å²) in [6, 6.07) is 0. The number of carbonyl (C=O) groups excluding carboxylic acids is 1. The Hall–Kier alpha value is -0.300. The first-order valence-corrected chi connectivity index (χ1v) is 8.96. The average molecular weight is 326 g/mol. The highest BCUT2D eigenvalue weighted by atomic mass is 31.2. The fourth-order valence-electron chi connectivity index (χ4n) is 1.73. The van der Waals surface area contributed by atoms with Gasteiger partial charge in [-0.15, -0.1) is 0 Å². The first kappa shape index (κ1) is 20.7. The summed E-state index contributed by atoms with van der Waals surface area (Å²) in [6.07, 6.45) is -2.58. The number of ether oxygens (including phenoxy) is 2. The van der Waals surface area contributed by atoms with Gasteiger partial charge in [-0.1, -0.05) is 0 Å². The first-order valence-electron chi connectivity index (χ1n) is 7.23. The fraction of sp³-hybridized carbons (Fsp3) is 0.923. The number of ketones is 1. The Bertz CT molecular complexity index is 318. The van der Waals surface area contributed by atoms with Crippen molar-refractivity contribution in [3.63, 3.8) is 0 Å². The molecule has 0 radical (unpaired) electrons. The molecule has 126 valence electrons. The molecule has 0 aliphatic rings. The van der Waals surface area contributed by atoms with Crippen LogP contribution in [0.15, 0.2) is 0 Å². The van der Waals surface area contributed by atoms with Crippen LogP contribution in [0.25, 0.3) is 0 Å². The van der Waals surface area contributed by atoms with Crippen molar-refractivity contribution in [3.8, 4) is 0 Å². The summed E-state index contributed by atoms with van der Waals surface area (Å²) in [7, 11) is -3.43. The normalized spacial score (nSPS) is 13.6. The lowest BCUT2D eigenvalue weighted by Gasteiger charge is -2.22. The van der Waals surface area contributed by atoms with Crippen molar-refractivity contribution in [3.05, 3.63) is 0 Å². The van der Waals surface area contributed by atoms with Gasteiger partial charge >= 0.3 is 7.60 Å². The predicted molar refractivity (Wildman–Crippen MR) is 78.4 cm³/mol. The van der Waals surface area contributed by atoms with Crippen molar-refractivity contribution in [1.29, 1.82) is 0 Å². The maximum absolute atomic E-state index is 12.2. The summed E-state index contributed by atoms with van der Waals surface area (Å²) in [5, 5.41) is 9.96. The summed E-state index contributed by atoms with van der Waals surface area (Å²) < 4.78 is 32.7. The lowest BCUT2D eigenvalue weighted by Crippen LogP contribution is -2.34. The van der Waals surface area contributed by atoms with Gasteiger partial charge in [0.2, 0.25) is 0 Å². The average Bonchev–Trinajstić information content (AvgIpc) is 2.38. The molecule has 0 aromatic heterocycles. The van der Waals surface area contributed by atoms with Crippen molar-refractivity contribution >= 4 is 13.4 Å². The third-order valence-corrected chi connectivity index (χ3v) is 4.48. The van der Waals surface area contributed by atoms with Gasteiger partial charge in [-0.25, -0.2) is 0 Å². The number of aliphatic hydroxyl groups excluding tert-OH is 1. The van der Waals surface area contributed by atoms with E-state index in [1.165, 1.54) is 0 Å². The summed E-state index contributed by atoms with van der Waals surface area (Å²) in [5.41, 5.74) is 0. The molecule has 0 aliphatic heterocycles. The Balaban J connectivity index is 4.53. The van der Waals surface area contributed by atoms with Crippen LogP contribution in [0.3, 0.4) is 0 Å². The zero-order valence-electron chi connectivity index (χ0n) is 13.2. The Kier molecular flexibility index (Phi) is 11.1. The van der Waals surface area contributed by atoms with E-state index in [-0.39, 0.29) is 25.8 Å².